The number of carbonyl (C=O) groups is 1. The number of methoxy groups -OCH3 is 2. The van der Waals surface area contributed by atoms with Crippen molar-refractivity contribution in [2.24, 2.45) is 5.92 Å². The molecule has 0 unspecified atom stereocenters. The van der Waals surface area contributed by atoms with Gasteiger partial charge in [0.15, 0.2) is 11.6 Å². The van der Waals surface area contributed by atoms with Crippen molar-refractivity contribution in [2.45, 2.75) is 31.8 Å². The van der Waals surface area contributed by atoms with E-state index in [1.54, 1.807) is 13.2 Å². The first kappa shape index (κ1) is 25.4. The van der Waals surface area contributed by atoms with Crippen molar-refractivity contribution in [1.82, 2.24) is 9.80 Å². The van der Waals surface area contributed by atoms with Gasteiger partial charge in [0.1, 0.15) is 5.75 Å². The van der Waals surface area contributed by atoms with Crippen LogP contribution in [0, 0.1) is 17.6 Å². The van der Waals surface area contributed by atoms with Crippen LogP contribution < -0.4 is 9.64 Å². The molecule has 0 saturated carbocycles. The van der Waals surface area contributed by atoms with Gasteiger partial charge in [0, 0.05) is 51.7 Å². The number of ether oxygens (including phenoxy) is 2. The molecule has 190 valence electrons. The van der Waals surface area contributed by atoms with Crippen LogP contribution in [0.15, 0.2) is 42.5 Å². The molecule has 0 aliphatic carbocycles. The number of esters is 1. The van der Waals surface area contributed by atoms with Gasteiger partial charge in [-0.3, -0.25) is 14.6 Å². The summed E-state index contributed by atoms with van der Waals surface area (Å²) >= 11 is 0. The zero-order valence-corrected chi connectivity index (χ0v) is 20.6. The number of piperazine rings is 1. The molecule has 0 bridgehead atoms. The normalized spacial score (nSPS) is 21.7. The van der Waals surface area contributed by atoms with Crippen molar-refractivity contribution in [3.63, 3.8) is 0 Å². The maximum atomic E-state index is 13.7. The minimum Gasteiger partial charge on any atom is -0.495 e. The molecule has 0 N–H and O–H groups in total. The topological polar surface area (TPSA) is 45.2 Å². The second-order valence-corrected chi connectivity index (χ2v) is 9.41. The largest absolute Gasteiger partial charge is 0.495 e. The summed E-state index contributed by atoms with van der Waals surface area (Å²) in [5, 5.41) is 0. The molecule has 2 atom stereocenters. The number of para-hydroxylation sites is 2. The van der Waals surface area contributed by atoms with Gasteiger partial charge in [-0.25, -0.2) is 8.78 Å². The number of hydrogen-bond acceptors (Lipinski definition) is 6. The minimum absolute atomic E-state index is 0.192. The lowest BCUT2D eigenvalue weighted by Crippen LogP contribution is -2.56. The number of halogens is 2. The van der Waals surface area contributed by atoms with Crippen LogP contribution in [0.3, 0.4) is 0 Å². The molecule has 0 spiro atoms. The molecule has 2 aromatic rings. The van der Waals surface area contributed by atoms with E-state index in [0.29, 0.717) is 24.9 Å². The van der Waals surface area contributed by atoms with Crippen molar-refractivity contribution < 1.29 is 23.0 Å². The van der Waals surface area contributed by atoms with Crippen molar-refractivity contribution >= 4 is 11.7 Å². The van der Waals surface area contributed by atoms with Crippen molar-refractivity contribution in [2.75, 3.05) is 58.4 Å². The molecular weight excluding hydrogens is 452 g/mol. The van der Waals surface area contributed by atoms with Gasteiger partial charge in [0.05, 0.1) is 19.9 Å². The van der Waals surface area contributed by atoms with E-state index in [2.05, 4.69) is 20.8 Å². The Morgan fingerprint density at radius 2 is 1.77 bits per heavy atom. The average Bonchev–Trinajstić information content (AvgIpc) is 2.89. The van der Waals surface area contributed by atoms with Crippen molar-refractivity contribution in [1.29, 1.82) is 0 Å². The lowest BCUT2D eigenvalue weighted by atomic mass is 9.86. The lowest BCUT2D eigenvalue weighted by Gasteiger charge is -2.47. The fraction of sp³-hybridized carbons (Fsp3) is 0.519. The Bertz CT molecular complexity index is 997. The van der Waals surface area contributed by atoms with E-state index in [4.69, 9.17) is 9.47 Å². The third kappa shape index (κ3) is 6.30. The minimum atomic E-state index is -0.823. The number of piperidine rings is 1. The lowest BCUT2D eigenvalue weighted by molar-refractivity contribution is -0.141. The molecule has 4 rings (SSSR count). The summed E-state index contributed by atoms with van der Waals surface area (Å²) in [4.78, 5) is 19.1. The highest BCUT2D eigenvalue weighted by molar-refractivity contribution is 5.69. The molecule has 2 heterocycles. The molecule has 0 radical (unpaired) electrons. The van der Waals surface area contributed by atoms with E-state index in [1.807, 2.05) is 18.2 Å². The van der Waals surface area contributed by atoms with Gasteiger partial charge >= 0.3 is 5.97 Å². The van der Waals surface area contributed by atoms with E-state index >= 15 is 0 Å². The molecule has 2 saturated heterocycles. The number of likely N-dealkylation sites (tertiary alicyclic amines) is 1. The Morgan fingerprint density at radius 1 is 1.00 bits per heavy atom. The Balaban J connectivity index is 1.40. The highest BCUT2D eigenvalue weighted by Gasteiger charge is 2.35. The Labute approximate surface area is 206 Å². The van der Waals surface area contributed by atoms with Crippen LogP contribution in [0.2, 0.25) is 0 Å². The number of rotatable bonds is 8. The van der Waals surface area contributed by atoms with E-state index in [0.717, 1.165) is 69.1 Å². The maximum absolute atomic E-state index is 13.7. The van der Waals surface area contributed by atoms with Gasteiger partial charge in [0.25, 0.3) is 0 Å². The third-order valence-corrected chi connectivity index (χ3v) is 7.32. The van der Waals surface area contributed by atoms with Crippen LogP contribution in [0.1, 0.15) is 24.8 Å². The molecule has 2 aliphatic rings. The molecule has 6 nitrogen and oxygen atoms in total. The van der Waals surface area contributed by atoms with Gasteiger partial charge in [-0.05, 0) is 55.1 Å². The summed E-state index contributed by atoms with van der Waals surface area (Å²) in [6, 6.07) is 12.6. The van der Waals surface area contributed by atoms with Gasteiger partial charge in [0.2, 0.25) is 0 Å². The third-order valence-electron chi connectivity index (χ3n) is 7.32. The van der Waals surface area contributed by atoms with Crippen molar-refractivity contribution in [3.8, 4) is 5.75 Å². The van der Waals surface area contributed by atoms with Gasteiger partial charge < -0.3 is 14.4 Å². The summed E-state index contributed by atoms with van der Waals surface area (Å²) in [6.45, 7) is 5.98. The fourth-order valence-electron chi connectivity index (χ4n) is 5.49. The molecule has 2 aliphatic heterocycles. The van der Waals surface area contributed by atoms with Gasteiger partial charge in [-0.15, -0.1) is 0 Å². The molecule has 0 amide bonds. The summed E-state index contributed by atoms with van der Waals surface area (Å²) < 4.78 is 37.5. The van der Waals surface area contributed by atoms with Crippen LogP contribution >= 0.6 is 0 Å². The van der Waals surface area contributed by atoms with Crippen LogP contribution in [0.25, 0.3) is 0 Å². The van der Waals surface area contributed by atoms with E-state index in [9.17, 15) is 13.6 Å². The summed E-state index contributed by atoms with van der Waals surface area (Å²) in [5.41, 5.74) is 1.89. The summed E-state index contributed by atoms with van der Waals surface area (Å²) in [7, 11) is 3.13. The first-order valence-corrected chi connectivity index (χ1v) is 12.3. The Morgan fingerprint density at radius 3 is 2.49 bits per heavy atom. The highest BCUT2D eigenvalue weighted by atomic mass is 19.2. The zero-order valence-electron chi connectivity index (χ0n) is 20.6. The monoisotopic (exact) mass is 487 g/mol. The van der Waals surface area contributed by atoms with Crippen LogP contribution in [-0.2, 0) is 16.1 Å². The van der Waals surface area contributed by atoms with Gasteiger partial charge in [-0.2, -0.15) is 0 Å². The highest BCUT2D eigenvalue weighted by Crippen LogP contribution is 2.32. The number of anilines is 1. The standard InChI is InChI=1S/C27H35F2N3O3/c1-34-26-6-4-3-5-25(26)32-15-13-31(14-16-32)24-11-12-30(19-21(24)8-10-27(33)35-2)18-20-7-9-22(28)23(29)17-20/h3-7,9,17,21,24H,8,10-16,18-19H2,1-2H3/t21-,24+/m0/s1. The molecule has 35 heavy (non-hydrogen) atoms. The smallest absolute Gasteiger partial charge is 0.305 e. The van der Waals surface area contributed by atoms with Crippen LogP contribution in [0.5, 0.6) is 5.75 Å². The predicted octanol–water partition coefficient (Wildman–Crippen LogP) is 3.94. The number of nitrogens with zero attached hydrogens (tertiary/aromatic N) is 3. The maximum Gasteiger partial charge on any atom is 0.305 e. The average molecular weight is 488 g/mol. The van der Waals surface area contributed by atoms with E-state index in [1.165, 1.54) is 19.2 Å². The predicted molar refractivity (Wildman–Crippen MR) is 132 cm³/mol. The quantitative estimate of drug-likeness (QED) is 0.526. The number of hydrogen-bond donors (Lipinski definition) is 0. The second-order valence-electron chi connectivity index (χ2n) is 9.41. The molecule has 2 fully saturated rings. The second kappa shape index (κ2) is 11.8. The molecular formula is C27H35F2N3O3. The Kier molecular flexibility index (Phi) is 8.57. The first-order chi connectivity index (χ1) is 17.0. The number of carbonyl (C=O) groups excluding carboxylic acids is 1. The number of benzene rings is 2. The molecule has 0 aromatic heterocycles. The Hall–Kier alpha value is -2.71. The van der Waals surface area contributed by atoms with Crippen LogP contribution in [-0.4, -0.2) is 75.3 Å². The molecule has 2 aromatic carbocycles. The zero-order chi connectivity index (χ0) is 24.8. The summed E-state index contributed by atoms with van der Waals surface area (Å²) in [5.74, 6) is -0.640. The van der Waals surface area contributed by atoms with Gasteiger partial charge in [-0.1, -0.05) is 18.2 Å². The molecule has 8 heteroatoms. The van der Waals surface area contributed by atoms with Crippen molar-refractivity contribution in [3.05, 3.63) is 59.7 Å². The fourth-order valence-corrected chi connectivity index (χ4v) is 5.49. The SMILES string of the molecule is COC(=O)CC[C@H]1CN(Cc2ccc(F)c(F)c2)CC[C@H]1N1CCN(c2ccccc2OC)CC1. The van der Waals surface area contributed by atoms with E-state index in [-0.39, 0.29) is 5.97 Å². The van der Waals surface area contributed by atoms with E-state index < -0.39 is 11.6 Å². The first-order valence-electron chi connectivity index (χ1n) is 12.3. The summed E-state index contributed by atoms with van der Waals surface area (Å²) in [6.07, 6.45) is 2.11. The van der Waals surface area contributed by atoms with Crippen LogP contribution in [0.4, 0.5) is 14.5 Å².